The number of benzene rings is 2. The Bertz CT molecular complexity index is 893. The van der Waals surface area contributed by atoms with Crippen LogP contribution in [0.2, 0.25) is 0 Å². The van der Waals surface area contributed by atoms with Gasteiger partial charge in [-0.05, 0) is 47.9 Å². The molecule has 1 aliphatic rings. The maximum atomic E-state index is 13.3. The molecule has 0 spiro atoms. The molecule has 0 aliphatic carbocycles. The van der Waals surface area contributed by atoms with Crippen molar-refractivity contribution in [2.75, 3.05) is 25.2 Å². The predicted octanol–water partition coefficient (Wildman–Crippen LogP) is 3.00. The van der Waals surface area contributed by atoms with E-state index in [0.29, 0.717) is 36.7 Å². The van der Waals surface area contributed by atoms with Crippen LogP contribution >= 0.6 is 0 Å². The lowest BCUT2D eigenvalue weighted by Crippen LogP contribution is -2.41. The van der Waals surface area contributed by atoms with Crippen LogP contribution in [0.25, 0.3) is 0 Å². The fourth-order valence-corrected chi connectivity index (χ4v) is 3.11. The van der Waals surface area contributed by atoms with Crippen molar-refractivity contribution in [1.29, 1.82) is 0 Å². The number of fused-ring (bicyclic) bond motifs is 1. The van der Waals surface area contributed by atoms with Crippen LogP contribution in [0.4, 0.5) is 5.69 Å². The minimum absolute atomic E-state index is 0.101. The van der Waals surface area contributed by atoms with E-state index in [9.17, 15) is 9.59 Å². The molecule has 0 radical (unpaired) electrons. The van der Waals surface area contributed by atoms with Crippen molar-refractivity contribution in [1.82, 2.24) is 4.90 Å². The van der Waals surface area contributed by atoms with Crippen molar-refractivity contribution in [2.45, 2.75) is 27.3 Å². The minimum atomic E-state index is -0.234. The van der Waals surface area contributed by atoms with Crippen molar-refractivity contribution in [3.05, 3.63) is 53.6 Å². The van der Waals surface area contributed by atoms with Gasteiger partial charge in [0.25, 0.3) is 5.91 Å². The second-order valence-electron chi connectivity index (χ2n) is 7.98. The number of carbonyl (C=O) groups excluding carboxylic acids is 2. The number of hydrogen-bond acceptors (Lipinski definition) is 5. The van der Waals surface area contributed by atoms with Gasteiger partial charge in [0.1, 0.15) is 0 Å². The van der Waals surface area contributed by atoms with Gasteiger partial charge in [-0.1, -0.05) is 26.0 Å². The van der Waals surface area contributed by atoms with E-state index in [1.807, 2.05) is 38.1 Å². The number of nitrogens with zero attached hydrogens (tertiary/aromatic N) is 1. The second kappa shape index (κ2) is 8.53. The van der Waals surface area contributed by atoms with Crippen LogP contribution in [0.3, 0.4) is 0 Å². The number of nitrogens with one attached hydrogen (secondary N) is 1. The molecule has 0 unspecified atom stereocenters. The summed E-state index contributed by atoms with van der Waals surface area (Å²) < 4.78 is 10.7. The van der Waals surface area contributed by atoms with Crippen LogP contribution in [0, 0.1) is 5.41 Å². The van der Waals surface area contributed by atoms with Crippen molar-refractivity contribution < 1.29 is 19.1 Å². The molecule has 7 heteroatoms. The lowest BCUT2D eigenvalue weighted by atomic mass is 9.92. The maximum absolute atomic E-state index is 13.3. The van der Waals surface area contributed by atoms with Crippen LogP contribution in [0.5, 0.6) is 11.5 Å². The van der Waals surface area contributed by atoms with E-state index in [2.05, 4.69) is 5.32 Å². The number of anilines is 1. The fourth-order valence-electron chi connectivity index (χ4n) is 3.11. The largest absolute Gasteiger partial charge is 0.454 e. The molecule has 0 fully saturated rings. The smallest absolute Gasteiger partial charge is 0.254 e. The highest BCUT2D eigenvalue weighted by Gasteiger charge is 2.26. The molecular weight excluding hydrogens is 370 g/mol. The van der Waals surface area contributed by atoms with Crippen molar-refractivity contribution in [2.24, 2.45) is 11.1 Å². The molecule has 154 valence electrons. The normalized spacial score (nSPS) is 12.6. The molecular formula is C22H27N3O4. The van der Waals surface area contributed by atoms with E-state index in [1.54, 1.807) is 23.1 Å². The Morgan fingerprint density at radius 3 is 2.45 bits per heavy atom. The number of ether oxygens (including phenoxy) is 2. The Kier molecular flexibility index (Phi) is 6.08. The average molecular weight is 397 g/mol. The van der Waals surface area contributed by atoms with Crippen LogP contribution in [-0.2, 0) is 11.3 Å². The number of hydrogen-bond donors (Lipinski definition) is 2. The Morgan fingerprint density at radius 2 is 1.79 bits per heavy atom. The second-order valence-corrected chi connectivity index (χ2v) is 7.98. The van der Waals surface area contributed by atoms with E-state index in [4.69, 9.17) is 15.2 Å². The molecule has 2 amide bonds. The van der Waals surface area contributed by atoms with Gasteiger partial charge in [0.15, 0.2) is 11.5 Å². The van der Waals surface area contributed by atoms with Crippen molar-refractivity contribution in [3.8, 4) is 11.5 Å². The highest BCUT2D eigenvalue weighted by atomic mass is 16.7. The fraction of sp³-hybridized carbons (Fsp3) is 0.364. The van der Waals surface area contributed by atoms with Gasteiger partial charge in [0, 0.05) is 31.3 Å². The van der Waals surface area contributed by atoms with Crippen molar-refractivity contribution in [3.63, 3.8) is 0 Å². The highest BCUT2D eigenvalue weighted by molar-refractivity contribution is 5.95. The molecule has 3 rings (SSSR count). The summed E-state index contributed by atoms with van der Waals surface area (Å²) in [5.41, 5.74) is 7.90. The number of rotatable bonds is 7. The first-order valence-electron chi connectivity index (χ1n) is 9.53. The zero-order chi connectivity index (χ0) is 21.0. The first-order chi connectivity index (χ1) is 13.8. The van der Waals surface area contributed by atoms with Crippen LogP contribution in [-0.4, -0.2) is 36.6 Å². The van der Waals surface area contributed by atoms with Crippen LogP contribution in [0.1, 0.15) is 36.7 Å². The average Bonchev–Trinajstić information content (AvgIpc) is 3.15. The highest BCUT2D eigenvalue weighted by Crippen LogP contribution is 2.33. The molecule has 0 aromatic heterocycles. The zero-order valence-corrected chi connectivity index (χ0v) is 17.0. The minimum Gasteiger partial charge on any atom is -0.454 e. The molecule has 2 aromatic rings. The summed E-state index contributed by atoms with van der Waals surface area (Å²) in [6, 6.07) is 12.7. The van der Waals surface area contributed by atoms with E-state index in [-0.39, 0.29) is 24.0 Å². The van der Waals surface area contributed by atoms with E-state index in [1.165, 1.54) is 6.92 Å². The number of nitrogens with two attached hydrogens (primary N) is 1. The third-order valence-corrected chi connectivity index (χ3v) is 4.73. The number of amides is 2. The summed E-state index contributed by atoms with van der Waals surface area (Å²) in [4.78, 5) is 26.3. The summed E-state index contributed by atoms with van der Waals surface area (Å²) in [7, 11) is 0. The Morgan fingerprint density at radius 1 is 1.10 bits per heavy atom. The molecule has 0 saturated heterocycles. The lowest BCUT2D eigenvalue weighted by Gasteiger charge is -2.32. The molecule has 0 atom stereocenters. The molecule has 0 bridgehead atoms. The van der Waals surface area contributed by atoms with Gasteiger partial charge >= 0.3 is 0 Å². The molecule has 0 saturated carbocycles. The predicted molar refractivity (Wildman–Crippen MR) is 111 cm³/mol. The monoisotopic (exact) mass is 397 g/mol. The molecule has 1 heterocycles. The summed E-state index contributed by atoms with van der Waals surface area (Å²) in [5, 5.41) is 2.74. The quantitative estimate of drug-likeness (QED) is 0.749. The third-order valence-electron chi connectivity index (χ3n) is 4.73. The van der Waals surface area contributed by atoms with E-state index in [0.717, 1.165) is 11.3 Å². The van der Waals surface area contributed by atoms with Crippen LogP contribution in [0.15, 0.2) is 42.5 Å². The Labute approximate surface area is 170 Å². The van der Waals surface area contributed by atoms with Gasteiger partial charge in [-0.3, -0.25) is 9.59 Å². The Balaban J connectivity index is 1.82. The SMILES string of the molecule is CC(=O)Nc1ccc(CN(CC(C)(C)CN)C(=O)c2ccc3c(c2)OCO3)cc1. The standard InChI is InChI=1S/C22H27N3O4/c1-15(26)24-18-7-4-16(5-8-18)11-25(13-22(2,3)12-23)21(27)17-6-9-19-20(10-17)29-14-28-19/h4-10H,11-14,23H2,1-3H3,(H,24,26). The van der Waals surface area contributed by atoms with Gasteiger partial charge in [-0.25, -0.2) is 0 Å². The first kappa shape index (κ1) is 20.7. The maximum Gasteiger partial charge on any atom is 0.254 e. The third kappa shape index (κ3) is 5.26. The van der Waals surface area contributed by atoms with Crippen LogP contribution < -0.4 is 20.5 Å². The van der Waals surface area contributed by atoms with E-state index >= 15 is 0 Å². The van der Waals surface area contributed by atoms with Gasteiger partial charge in [0.2, 0.25) is 12.7 Å². The van der Waals surface area contributed by atoms with Crippen molar-refractivity contribution >= 4 is 17.5 Å². The Hall–Kier alpha value is -3.06. The number of carbonyl (C=O) groups is 2. The molecule has 2 aromatic carbocycles. The van der Waals surface area contributed by atoms with Gasteiger partial charge in [0.05, 0.1) is 0 Å². The molecule has 1 aliphatic heterocycles. The zero-order valence-electron chi connectivity index (χ0n) is 17.0. The van der Waals surface area contributed by atoms with E-state index < -0.39 is 0 Å². The first-order valence-corrected chi connectivity index (χ1v) is 9.53. The summed E-state index contributed by atoms with van der Waals surface area (Å²) in [6.07, 6.45) is 0. The van der Waals surface area contributed by atoms with Gasteiger partial charge in [-0.2, -0.15) is 0 Å². The molecule has 29 heavy (non-hydrogen) atoms. The topological polar surface area (TPSA) is 93.9 Å². The lowest BCUT2D eigenvalue weighted by molar-refractivity contribution is -0.114. The molecule has 7 nitrogen and oxygen atoms in total. The van der Waals surface area contributed by atoms with Gasteiger partial charge in [-0.15, -0.1) is 0 Å². The summed E-state index contributed by atoms with van der Waals surface area (Å²) in [6.45, 7) is 7.09. The molecule has 3 N–H and O–H groups in total. The summed E-state index contributed by atoms with van der Waals surface area (Å²) in [5.74, 6) is 0.996. The van der Waals surface area contributed by atoms with Gasteiger partial charge < -0.3 is 25.4 Å². The summed E-state index contributed by atoms with van der Waals surface area (Å²) >= 11 is 0.